The van der Waals surface area contributed by atoms with Crippen molar-refractivity contribution in [3.05, 3.63) is 29.1 Å². The van der Waals surface area contributed by atoms with Crippen LogP contribution < -0.4 is 0 Å². The first-order chi connectivity index (χ1) is 6.70. The number of aryl methyl sites for hydroxylation is 1. The van der Waals surface area contributed by atoms with E-state index in [-0.39, 0.29) is 0 Å². The van der Waals surface area contributed by atoms with Gasteiger partial charge in [-0.05, 0) is 22.9 Å². The Hall–Kier alpha value is -1.23. The van der Waals surface area contributed by atoms with E-state index in [1.165, 1.54) is 6.33 Å². The first-order valence-corrected chi connectivity index (χ1v) is 4.93. The summed E-state index contributed by atoms with van der Waals surface area (Å²) in [6.07, 6.45) is 5.06. The van der Waals surface area contributed by atoms with Gasteiger partial charge in [0.2, 0.25) is 0 Å². The van der Waals surface area contributed by atoms with Crippen LogP contribution in [0, 0.1) is 6.92 Å². The lowest BCUT2D eigenvalue weighted by Crippen LogP contribution is -1.95. The SMILES string of the molecule is Cc1nc(Br)c(-c2cncnc2)n1C. The van der Waals surface area contributed by atoms with Gasteiger partial charge < -0.3 is 4.57 Å². The van der Waals surface area contributed by atoms with Crippen molar-refractivity contribution in [2.75, 3.05) is 0 Å². The molecule has 2 aromatic rings. The zero-order valence-corrected chi connectivity index (χ0v) is 9.48. The lowest BCUT2D eigenvalue weighted by atomic mass is 10.2. The van der Waals surface area contributed by atoms with Gasteiger partial charge in [-0.1, -0.05) is 0 Å². The Morgan fingerprint density at radius 1 is 1.29 bits per heavy atom. The number of nitrogens with zero attached hydrogens (tertiary/aromatic N) is 4. The van der Waals surface area contributed by atoms with Crippen LogP contribution >= 0.6 is 15.9 Å². The highest BCUT2D eigenvalue weighted by atomic mass is 79.9. The summed E-state index contributed by atoms with van der Waals surface area (Å²) >= 11 is 3.42. The molecule has 4 nitrogen and oxygen atoms in total. The molecule has 0 radical (unpaired) electrons. The van der Waals surface area contributed by atoms with Crippen LogP contribution in [0.4, 0.5) is 0 Å². The zero-order chi connectivity index (χ0) is 10.1. The normalized spacial score (nSPS) is 10.5. The van der Waals surface area contributed by atoms with Gasteiger partial charge in [0.15, 0.2) is 0 Å². The molecule has 0 aliphatic heterocycles. The predicted molar refractivity (Wildman–Crippen MR) is 56.7 cm³/mol. The van der Waals surface area contributed by atoms with E-state index < -0.39 is 0 Å². The quantitative estimate of drug-likeness (QED) is 0.780. The van der Waals surface area contributed by atoms with Crippen molar-refractivity contribution in [1.29, 1.82) is 0 Å². The van der Waals surface area contributed by atoms with Gasteiger partial charge in [-0.2, -0.15) is 0 Å². The fraction of sp³-hybridized carbons (Fsp3) is 0.222. The molecule has 2 aromatic heterocycles. The first kappa shape index (κ1) is 9.33. The third kappa shape index (κ3) is 1.43. The summed E-state index contributed by atoms with van der Waals surface area (Å²) in [5.74, 6) is 0.954. The van der Waals surface area contributed by atoms with Crippen molar-refractivity contribution in [2.24, 2.45) is 7.05 Å². The van der Waals surface area contributed by atoms with E-state index in [1.54, 1.807) is 12.4 Å². The largest absolute Gasteiger partial charge is 0.330 e. The van der Waals surface area contributed by atoms with Gasteiger partial charge in [0.1, 0.15) is 16.8 Å². The molecule has 72 valence electrons. The zero-order valence-electron chi connectivity index (χ0n) is 7.90. The predicted octanol–water partition coefficient (Wildman–Crippen LogP) is 1.95. The van der Waals surface area contributed by atoms with Crippen LogP contribution in [0.5, 0.6) is 0 Å². The second kappa shape index (κ2) is 3.49. The standard InChI is InChI=1S/C9H9BrN4/c1-6-13-9(10)8(14(6)2)7-3-11-5-12-4-7/h3-5H,1-2H3. The van der Waals surface area contributed by atoms with E-state index in [0.29, 0.717) is 0 Å². The average Bonchev–Trinajstić information content (AvgIpc) is 2.43. The summed E-state index contributed by atoms with van der Waals surface area (Å²) in [4.78, 5) is 12.3. The molecule has 0 N–H and O–H groups in total. The fourth-order valence-electron chi connectivity index (χ4n) is 1.30. The van der Waals surface area contributed by atoms with E-state index in [0.717, 1.165) is 21.7 Å². The number of imidazole rings is 1. The maximum atomic E-state index is 4.31. The number of hydrogen-bond donors (Lipinski definition) is 0. The Morgan fingerprint density at radius 2 is 1.93 bits per heavy atom. The Labute approximate surface area is 90.2 Å². The fourth-order valence-corrected chi connectivity index (χ4v) is 2.06. The molecule has 2 heterocycles. The van der Waals surface area contributed by atoms with Crippen LogP contribution in [0.2, 0.25) is 0 Å². The summed E-state index contributed by atoms with van der Waals surface area (Å²) in [6.45, 7) is 1.96. The second-order valence-electron chi connectivity index (χ2n) is 2.98. The molecule has 0 aliphatic rings. The van der Waals surface area contributed by atoms with Crippen molar-refractivity contribution in [2.45, 2.75) is 6.92 Å². The molecular formula is C9H9BrN4. The molecule has 0 saturated carbocycles. The highest BCUT2D eigenvalue weighted by Crippen LogP contribution is 2.26. The third-order valence-corrected chi connectivity index (χ3v) is 2.66. The average molecular weight is 253 g/mol. The third-order valence-electron chi connectivity index (χ3n) is 2.11. The molecule has 0 unspecified atom stereocenters. The van der Waals surface area contributed by atoms with Gasteiger partial charge in [-0.3, -0.25) is 0 Å². The number of halogens is 1. The first-order valence-electron chi connectivity index (χ1n) is 4.14. The van der Waals surface area contributed by atoms with E-state index in [2.05, 4.69) is 30.9 Å². The Kier molecular flexibility index (Phi) is 2.33. The van der Waals surface area contributed by atoms with Crippen molar-refractivity contribution in [1.82, 2.24) is 19.5 Å². The molecule has 14 heavy (non-hydrogen) atoms. The highest BCUT2D eigenvalue weighted by molar-refractivity contribution is 9.10. The molecule has 0 fully saturated rings. The second-order valence-corrected chi connectivity index (χ2v) is 3.74. The van der Waals surface area contributed by atoms with E-state index in [4.69, 9.17) is 0 Å². The van der Waals surface area contributed by atoms with Crippen LogP contribution in [0.15, 0.2) is 23.3 Å². The van der Waals surface area contributed by atoms with Crippen LogP contribution in [0.25, 0.3) is 11.3 Å². The molecule has 0 aromatic carbocycles. The lowest BCUT2D eigenvalue weighted by molar-refractivity contribution is 0.863. The van der Waals surface area contributed by atoms with Gasteiger partial charge in [-0.15, -0.1) is 0 Å². The molecule has 0 bridgehead atoms. The van der Waals surface area contributed by atoms with E-state index in [9.17, 15) is 0 Å². The molecule has 0 amide bonds. The Morgan fingerprint density at radius 3 is 2.43 bits per heavy atom. The van der Waals surface area contributed by atoms with Gasteiger partial charge in [0.05, 0.1) is 5.69 Å². The number of hydrogen-bond acceptors (Lipinski definition) is 3. The Bertz CT molecular complexity index is 449. The number of rotatable bonds is 1. The van der Waals surface area contributed by atoms with Crippen LogP contribution in [0.1, 0.15) is 5.82 Å². The summed E-state index contributed by atoms with van der Waals surface area (Å²) in [5, 5.41) is 0. The number of aromatic nitrogens is 4. The summed E-state index contributed by atoms with van der Waals surface area (Å²) in [7, 11) is 1.97. The van der Waals surface area contributed by atoms with Crippen LogP contribution in [0.3, 0.4) is 0 Å². The van der Waals surface area contributed by atoms with Crippen molar-refractivity contribution in [3.8, 4) is 11.3 Å². The smallest absolute Gasteiger partial charge is 0.132 e. The summed E-state index contributed by atoms with van der Waals surface area (Å²) < 4.78 is 2.83. The summed E-state index contributed by atoms with van der Waals surface area (Å²) in [6, 6.07) is 0. The lowest BCUT2D eigenvalue weighted by Gasteiger charge is -2.02. The van der Waals surface area contributed by atoms with Crippen LogP contribution in [-0.4, -0.2) is 19.5 Å². The van der Waals surface area contributed by atoms with E-state index >= 15 is 0 Å². The summed E-state index contributed by atoms with van der Waals surface area (Å²) in [5.41, 5.74) is 1.96. The molecule has 0 spiro atoms. The maximum absolute atomic E-state index is 4.31. The van der Waals surface area contributed by atoms with Gasteiger partial charge in [0, 0.05) is 25.0 Å². The van der Waals surface area contributed by atoms with Gasteiger partial charge in [0.25, 0.3) is 0 Å². The van der Waals surface area contributed by atoms with Crippen molar-refractivity contribution >= 4 is 15.9 Å². The molecular weight excluding hydrogens is 244 g/mol. The molecule has 2 rings (SSSR count). The molecule has 0 aliphatic carbocycles. The van der Waals surface area contributed by atoms with E-state index in [1.807, 2.05) is 18.5 Å². The topological polar surface area (TPSA) is 43.6 Å². The van der Waals surface area contributed by atoms with Crippen molar-refractivity contribution < 1.29 is 0 Å². The van der Waals surface area contributed by atoms with Gasteiger partial charge >= 0.3 is 0 Å². The van der Waals surface area contributed by atoms with Gasteiger partial charge in [-0.25, -0.2) is 15.0 Å². The Balaban J connectivity index is 2.62. The highest BCUT2D eigenvalue weighted by Gasteiger charge is 2.11. The van der Waals surface area contributed by atoms with Crippen LogP contribution in [-0.2, 0) is 7.05 Å². The van der Waals surface area contributed by atoms with Crippen molar-refractivity contribution in [3.63, 3.8) is 0 Å². The minimum atomic E-state index is 0.826. The minimum absolute atomic E-state index is 0.826. The molecule has 0 saturated heterocycles. The molecule has 5 heteroatoms. The monoisotopic (exact) mass is 252 g/mol. The maximum Gasteiger partial charge on any atom is 0.132 e. The molecule has 0 atom stereocenters. The minimum Gasteiger partial charge on any atom is -0.330 e.